The lowest BCUT2D eigenvalue weighted by molar-refractivity contribution is 0.542. The van der Waals surface area contributed by atoms with Crippen molar-refractivity contribution in [2.24, 2.45) is 5.41 Å². The van der Waals surface area contributed by atoms with Gasteiger partial charge in [0.2, 0.25) is 0 Å². The first-order valence-electron chi connectivity index (χ1n) is 5.94. The van der Waals surface area contributed by atoms with Gasteiger partial charge in [-0.2, -0.15) is 0 Å². The topological polar surface area (TPSA) is 27.8 Å². The minimum absolute atomic E-state index is 0.512. The first-order chi connectivity index (χ1) is 7.65. The molecule has 1 atom stereocenters. The van der Waals surface area contributed by atoms with Crippen LogP contribution in [0.3, 0.4) is 0 Å². The Morgan fingerprint density at radius 3 is 2.94 bits per heavy atom. The molecule has 1 aliphatic rings. The monoisotopic (exact) mass is 214 g/mol. The number of hydrogen-bond donors (Lipinski definition) is 2. The highest BCUT2D eigenvalue weighted by atomic mass is 15.0. The second-order valence-corrected chi connectivity index (χ2v) is 5.53. The SMILES string of the molecule is CC1(C)CC1NCc1ccc2[nH]ccc2c1. The highest BCUT2D eigenvalue weighted by molar-refractivity contribution is 5.79. The van der Waals surface area contributed by atoms with Crippen molar-refractivity contribution in [3.05, 3.63) is 36.0 Å². The van der Waals surface area contributed by atoms with Crippen LogP contribution >= 0.6 is 0 Å². The van der Waals surface area contributed by atoms with Crippen molar-refractivity contribution in [1.82, 2.24) is 10.3 Å². The average molecular weight is 214 g/mol. The highest BCUT2D eigenvalue weighted by Gasteiger charge is 2.44. The molecule has 1 aromatic heterocycles. The third kappa shape index (κ3) is 1.74. The number of aromatic nitrogens is 1. The lowest BCUT2D eigenvalue weighted by Gasteiger charge is -2.06. The molecule has 84 valence electrons. The molecule has 1 unspecified atom stereocenters. The summed E-state index contributed by atoms with van der Waals surface area (Å²) in [5.41, 5.74) is 3.10. The van der Waals surface area contributed by atoms with Crippen molar-refractivity contribution in [2.75, 3.05) is 0 Å². The van der Waals surface area contributed by atoms with E-state index in [0.29, 0.717) is 11.5 Å². The van der Waals surface area contributed by atoms with Crippen LogP contribution in [0.2, 0.25) is 0 Å². The van der Waals surface area contributed by atoms with Crippen molar-refractivity contribution in [2.45, 2.75) is 32.9 Å². The van der Waals surface area contributed by atoms with Gasteiger partial charge in [0, 0.05) is 24.3 Å². The summed E-state index contributed by atoms with van der Waals surface area (Å²) in [5.74, 6) is 0. The van der Waals surface area contributed by atoms with E-state index in [1.807, 2.05) is 6.20 Å². The standard InChI is InChI=1S/C14H18N2/c1-14(2)8-13(14)16-9-10-3-4-12-11(7-10)5-6-15-12/h3-7,13,15-16H,8-9H2,1-2H3. The first kappa shape index (κ1) is 9.91. The van der Waals surface area contributed by atoms with Gasteiger partial charge in [-0.05, 0) is 41.0 Å². The predicted octanol–water partition coefficient (Wildman–Crippen LogP) is 3.06. The Hall–Kier alpha value is -1.28. The van der Waals surface area contributed by atoms with E-state index in [4.69, 9.17) is 0 Å². The molecule has 2 N–H and O–H groups in total. The molecule has 0 bridgehead atoms. The zero-order chi connectivity index (χ0) is 11.2. The van der Waals surface area contributed by atoms with Crippen molar-refractivity contribution in [1.29, 1.82) is 0 Å². The number of fused-ring (bicyclic) bond motifs is 1. The summed E-state index contributed by atoms with van der Waals surface area (Å²) in [6, 6.07) is 9.44. The van der Waals surface area contributed by atoms with Crippen LogP contribution in [0.5, 0.6) is 0 Å². The molecule has 2 aromatic rings. The fourth-order valence-electron chi connectivity index (χ4n) is 2.27. The van der Waals surface area contributed by atoms with Gasteiger partial charge in [-0.1, -0.05) is 19.9 Å². The van der Waals surface area contributed by atoms with Gasteiger partial charge in [0.05, 0.1) is 0 Å². The summed E-state index contributed by atoms with van der Waals surface area (Å²) in [7, 11) is 0. The minimum atomic E-state index is 0.512. The maximum atomic E-state index is 3.61. The molecule has 3 rings (SSSR count). The summed E-state index contributed by atoms with van der Waals surface area (Å²) in [6.07, 6.45) is 3.30. The van der Waals surface area contributed by atoms with E-state index in [2.05, 4.69) is 48.4 Å². The van der Waals surface area contributed by atoms with Gasteiger partial charge >= 0.3 is 0 Å². The lowest BCUT2D eigenvalue weighted by Crippen LogP contribution is -2.19. The van der Waals surface area contributed by atoms with Crippen LogP contribution < -0.4 is 5.32 Å². The van der Waals surface area contributed by atoms with Gasteiger partial charge in [-0.25, -0.2) is 0 Å². The molecular weight excluding hydrogens is 196 g/mol. The Labute approximate surface area is 96.1 Å². The van der Waals surface area contributed by atoms with Crippen molar-refractivity contribution < 1.29 is 0 Å². The van der Waals surface area contributed by atoms with E-state index >= 15 is 0 Å². The maximum Gasteiger partial charge on any atom is 0.0454 e. The van der Waals surface area contributed by atoms with Gasteiger partial charge < -0.3 is 10.3 Å². The summed E-state index contributed by atoms with van der Waals surface area (Å²) >= 11 is 0. The molecule has 2 nitrogen and oxygen atoms in total. The zero-order valence-electron chi connectivity index (χ0n) is 9.88. The normalized spacial score (nSPS) is 22.5. The fourth-order valence-corrected chi connectivity index (χ4v) is 2.27. The molecule has 0 amide bonds. The van der Waals surface area contributed by atoms with Crippen molar-refractivity contribution >= 4 is 10.9 Å². The summed E-state index contributed by atoms with van der Waals surface area (Å²) in [5, 5.41) is 4.91. The molecule has 2 heteroatoms. The summed E-state index contributed by atoms with van der Waals surface area (Å²) < 4.78 is 0. The third-order valence-corrected chi connectivity index (χ3v) is 3.68. The Bertz CT molecular complexity index is 510. The number of aromatic amines is 1. The Kier molecular flexibility index (Phi) is 2.08. The van der Waals surface area contributed by atoms with E-state index in [-0.39, 0.29) is 0 Å². The fraction of sp³-hybridized carbons (Fsp3) is 0.429. The molecule has 1 heterocycles. The molecule has 1 aromatic carbocycles. The van der Waals surface area contributed by atoms with E-state index in [1.165, 1.54) is 22.9 Å². The number of rotatable bonds is 3. The maximum absolute atomic E-state index is 3.61. The molecule has 0 radical (unpaired) electrons. The van der Waals surface area contributed by atoms with E-state index < -0.39 is 0 Å². The molecule has 16 heavy (non-hydrogen) atoms. The number of nitrogens with one attached hydrogen (secondary N) is 2. The minimum Gasteiger partial charge on any atom is -0.361 e. The third-order valence-electron chi connectivity index (χ3n) is 3.68. The van der Waals surface area contributed by atoms with Gasteiger partial charge in [0.25, 0.3) is 0 Å². The highest BCUT2D eigenvalue weighted by Crippen LogP contribution is 2.44. The van der Waals surface area contributed by atoms with Gasteiger partial charge in [-0.3, -0.25) is 0 Å². The Balaban J connectivity index is 1.70. The molecule has 0 aliphatic heterocycles. The van der Waals surface area contributed by atoms with Crippen LogP contribution in [0.25, 0.3) is 10.9 Å². The molecular formula is C14H18N2. The van der Waals surface area contributed by atoms with Crippen LogP contribution in [0.1, 0.15) is 25.8 Å². The second kappa shape index (κ2) is 3.36. The van der Waals surface area contributed by atoms with Crippen LogP contribution in [0.4, 0.5) is 0 Å². The summed E-state index contributed by atoms with van der Waals surface area (Å²) in [6.45, 7) is 5.62. The second-order valence-electron chi connectivity index (χ2n) is 5.53. The van der Waals surface area contributed by atoms with Gasteiger partial charge in [0.1, 0.15) is 0 Å². The number of H-pyrrole nitrogens is 1. The Morgan fingerprint density at radius 1 is 1.38 bits per heavy atom. The first-order valence-corrected chi connectivity index (χ1v) is 5.94. The van der Waals surface area contributed by atoms with Crippen LogP contribution in [-0.2, 0) is 6.54 Å². The molecule has 0 saturated heterocycles. The lowest BCUT2D eigenvalue weighted by atomic mass is 10.1. The van der Waals surface area contributed by atoms with Crippen LogP contribution in [-0.4, -0.2) is 11.0 Å². The number of hydrogen-bond acceptors (Lipinski definition) is 1. The largest absolute Gasteiger partial charge is 0.361 e. The van der Waals surface area contributed by atoms with E-state index in [9.17, 15) is 0 Å². The van der Waals surface area contributed by atoms with E-state index in [1.54, 1.807) is 0 Å². The molecule has 1 saturated carbocycles. The Morgan fingerprint density at radius 2 is 2.19 bits per heavy atom. The quantitative estimate of drug-likeness (QED) is 0.807. The molecule has 1 fully saturated rings. The molecule has 0 spiro atoms. The van der Waals surface area contributed by atoms with E-state index in [0.717, 1.165) is 6.54 Å². The average Bonchev–Trinajstić information content (AvgIpc) is 2.69. The van der Waals surface area contributed by atoms with Crippen molar-refractivity contribution in [3.63, 3.8) is 0 Å². The van der Waals surface area contributed by atoms with Crippen LogP contribution in [0.15, 0.2) is 30.5 Å². The number of benzene rings is 1. The van der Waals surface area contributed by atoms with Gasteiger partial charge in [0.15, 0.2) is 0 Å². The summed E-state index contributed by atoms with van der Waals surface area (Å²) in [4.78, 5) is 3.22. The zero-order valence-corrected chi connectivity index (χ0v) is 9.88. The predicted molar refractivity (Wildman–Crippen MR) is 67.3 cm³/mol. The van der Waals surface area contributed by atoms with Gasteiger partial charge in [-0.15, -0.1) is 0 Å². The van der Waals surface area contributed by atoms with Crippen LogP contribution in [0, 0.1) is 5.41 Å². The smallest absolute Gasteiger partial charge is 0.0454 e. The van der Waals surface area contributed by atoms with Crippen molar-refractivity contribution in [3.8, 4) is 0 Å². The molecule has 1 aliphatic carbocycles.